The van der Waals surface area contributed by atoms with Crippen molar-refractivity contribution in [2.24, 2.45) is 0 Å². The summed E-state index contributed by atoms with van der Waals surface area (Å²) in [4.78, 5) is 11.6. The molecule has 118 valence electrons. The van der Waals surface area contributed by atoms with Gasteiger partial charge in [0.05, 0.1) is 24.4 Å². The second kappa shape index (κ2) is 8.60. The molecule has 2 rings (SSSR count). The van der Waals surface area contributed by atoms with Crippen molar-refractivity contribution < 1.29 is 9.53 Å². The summed E-state index contributed by atoms with van der Waals surface area (Å²) in [5.74, 6) is 0.559. The van der Waals surface area contributed by atoms with Gasteiger partial charge in [0, 0.05) is 24.2 Å². The Balaban J connectivity index is 1.57. The summed E-state index contributed by atoms with van der Waals surface area (Å²) in [6.07, 6.45) is 4.36. The summed E-state index contributed by atoms with van der Waals surface area (Å²) in [5.41, 5.74) is 0. The minimum atomic E-state index is -0.0278. The topological polar surface area (TPSA) is 69.0 Å². The minimum Gasteiger partial charge on any atom is -0.492 e. The highest BCUT2D eigenvalue weighted by Crippen LogP contribution is 2.27. The third-order valence-corrected chi connectivity index (χ3v) is 3.37. The average molecular weight is 343 g/mol. The molecule has 22 heavy (non-hydrogen) atoms. The Morgan fingerprint density at radius 3 is 2.95 bits per heavy atom. The summed E-state index contributed by atoms with van der Waals surface area (Å²) < 4.78 is 7.14. The number of hydrogen-bond acceptors (Lipinski definition) is 4. The molecule has 1 N–H and O–H groups in total. The Morgan fingerprint density at radius 1 is 1.36 bits per heavy atom. The fourth-order valence-electron chi connectivity index (χ4n) is 1.73. The number of nitrogens with one attached hydrogen (secondary N) is 1. The number of ether oxygens (including phenoxy) is 1. The van der Waals surface area contributed by atoms with Crippen molar-refractivity contribution >= 4 is 29.1 Å². The molecule has 0 saturated carbocycles. The van der Waals surface area contributed by atoms with E-state index in [-0.39, 0.29) is 5.91 Å². The third kappa shape index (κ3) is 5.54. The highest BCUT2D eigenvalue weighted by molar-refractivity contribution is 6.35. The largest absolute Gasteiger partial charge is 0.492 e. The lowest BCUT2D eigenvalue weighted by molar-refractivity contribution is -0.121. The highest BCUT2D eigenvalue weighted by atomic mass is 35.5. The van der Waals surface area contributed by atoms with Crippen molar-refractivity contribution in [1.29, 1.82) is 0 Å². The number of benzene rings is 1. The van der Waals surface area contributed by atoms with Crippen LogP contribution >= 0.6 is 23.2 Å². The average Bonchev–Trinajstić information content (AvgIpc) is 3.00. The van der Waals surface area contributed by atoms with Crippen molar-refractivity contribution in [1.82, 2.24) is 20.3 Å². The number of halogens is 2. The van der Waals surface area contributed by atoms with Crippen LogP contribution in [-0.2, 0) is 11.3 Å². The number of aromatic nitrogens is 3. The number of aryl methyl sites for hydroxylation is 1. The minimum absolute atomic E-state index is 0.0278. The Bertz CT molecular complexity index is 605. The van der Waals surface area contributed by atoms with Crippen LogP contribution < -0.4 is 10.1 Å². The van der Waals surface area contributed by atoms with Gasteiger partial charge < -0.3 is 10.1 Å². The van der Waals surface area contributed by atoms with E-state index >= 15 is 0 Å². The van der Waals surface area contributed by atoms with E-state index in [4.69, 9.17) is 27.9 Å². The molecular formula is C14H16Cl2N4O2. The van der Waals surface area contributed by atoms with Gasteiger partial charge in [-0.25, -0.2) is 0 Å². The SMILES string of the molecule is O=C(CCn1ccnn1)NCCCOc1ccc(Cl)cc1Cl. The van der Waals surface area contributed by atoms with Gasteiger partial charge in [-0.05, 0) is 24.6 Å². The molecule has 0 aliphatic rings. The lowest BCUT2D eigenvalue weighted by atomic mass is 10.3. The van der Waals surface area contributed by atoms with Gasteiger partial charge in [0.15, 0.2) is 0 Å². The molecule has 8 heteroatoms. The molecule has 0 aliphatic heterocycles. The molecule has 1 amide bonds. The molecule has 0 unspecified atom stereocenters. The molecule has 6 nitrogen and oxygen atoms in total. The fourth-order valence-corrected chi connectivity index (χ4v) is 2.19. The van der Waals surface area contributed by atoms with E-state index in [1.54, 1.807) is 35.3 Å². The number of carbonyl (C=O) groups is 1. The zero-order chi connectivity index (χ0) is 15.8. The van der Waals surface area contributed by atoms with Crippen LogP contribution in [0.25, 0.3) is 0 Å². The zero-order valence-electron chi connectivity index (χ0n) is 11.8. The second-order valence-electron chi connectivity index (χ2n) is 4.54. The third-order valence-electron chi connectivity index (χ3n) is 2.83. The number of amides is 1. The first-order valence-electron chi connectivity index (χ1n) is 6.84. The molecular weight excluding hydrogens is 327 g/mol. The van der Waals surface area contributed by atoms with Crippen LogP contribution in [0.3, 0.4) is 0 Å². The molecule has 0 radical (unpaired) electrons. The van der Waals surface area contributed by atoms with Crippen LogP contribution in [0.1, 0.15) is 12.8 Å². The smallest absolute Gasteiger partial charge is 0.221 e. The van der Waals surface area contributed by atoms with Crippen molar-refractivity contribution in [2.75, 3.05) is 13.2 Å². The van der Waals surface area contributed by atoms with Gasteiger partial charge in [-0.2, -0.15) is 0 Å². The molecule has 0 saturated heterocycles. The molecule has 0 atom stereocenters. The van der Waals surface area contributed by atoms with E-state index < -0.39 is 0 Å². The van der Waals surface area contributed by atoms with Crippen LogP contribution in [0.15, 0.2) is 30.6 Å². The molecule has 0 fully saturated rings. The molecule has 1 heterocycles. The molecule has 0 bridgehead atoms. The van der Waals surface area contributed by atoms with E-state index in [9.17, 15) is 4.79 Å². The Morgan fingerprint density at radius 2 is 2.23 bits per heavy atom. The van der Waals surface area contributed by atoms with Gasteiger partial charge in [-0.3, -0.25) is 9.48 Å². The maximum absolute atomic E-state index is 11.6. The number of rotatable bonds is 8. The molecule has 2 aromatic rings. The van der Waals surface area contributed by atoms with E-state index in [1.807, 2.05) is 0 Å². The van der Waals surface area contributed by atoms with Gasteiger partial charge >= 0.3 is 0 Å². The fraction of sp³-hybridized carbons (Fsp3) is 0.357. The van der Waals surface area contributed by atoms with E-state index in [0.29, 0.717) is 48.3 Å². The summed E-state index contributed by atoms with van der Waals surface area (Å²) in [6.45, 7) is 1.52. The molecule has 0 spiro atoms. The van der Waals surface area contributed by atoms with Crippen molar-refractivity contribution in [3.8, 4) is 5.75 Å². The Hall–Kier alpha value is -1.79. The first-order valence-corrected chi connectivity index (χ1v) is 7.59. The number of carbonyl (C=O) groups excluding carboxylic acids is 1. The van der Waals surface area contributed by atoms with Crippen LogP contribution in [0.4, 0.5) is 0 Å². The van der Waals surface area contributed by atoms with Crippen LogP contribution in [0.2, 0.25) is 10.0 Å². The van der Waals surface area contributed by atoms with Gasteiger partial charge in [-0.15, -0.1) is 5.10 Å². The van der Waals surface area contributed by atoms with Crippen molar-refractivity contribution in [3.63, 3.8) is 0 Å². The monoisotopic (exact) mass is 342 g/mol. The van der Waals surface area contributed by atoms with E-state index in [1.165, 1.54) is 0 Å². The maximum Gasteiger partial charge on any atom is 0.221 e. The number of hydrogen-bond donors (Lipinski definition) is 1. The molecule has 0 aliphatic carbocycles. The van der Waals surface area contributed by atoms with E-state index in [0.717, 1.165) is 0 Å². The predicted molar refractivity (Wildman–Crippen MR) is 84.2 cm³/mol. The van der Waals surface area contributed by atoms with Gasteiger partial charge in [0.2, 0.25) is 5.91 Å². The lowest BCUT2D eigenvalue weighted by Gasteiger charge is -2.09. The van der Waals surface area contributed by atoms with Gasteiger partial charge in [0.25, 0.3) is 0 Å². The second-order valence-corrected chi connectivity index (χ2v) is 5.39. The highest BCUT2D eigenvalue weighted by Gasteiger charge is 2.04. The van der Waals surface area contributed by atoms with Gasteiger partial charge in [0.1, 0.15) is 5.75 Å². The van der Waals surface area contributed by atoms with Crippen LogP contribution in [-0.4, -0.2) is 34.1 Å². The standard InChI is InChI=1S/C14H16Cl2N4O2/c15-11-2-3-13(12(16)10-11)22-9-1-5-17-14(21)4-7-20-8-6-18-19-20/h2-3,6,8,10H,1,4-5,7,9H2,(H,17,21). The maximum atomic E-state index is 11.6. The van der Waals surface area contributed by atoms with Crippen molar-refractivity contribution in [3.05, 3.63) is 40.6 Å². The van der Waals surface area contributed by atoms with Gasteiger partial charge in [-0.1, -0.05) is 28.4 Å². The first-order chi connectivity index (χ1) is 10.6. The Kier molecular flexibility index (Phi) is 6.48. The van der Waals surface area contributed by atoms with Crippen LogP contribution in [0, 0.1) is 0 Å². The summed E-state index contributed by atoms with van der Waals surface area (Å²) in [7, 11) is 0. The van der Waals surface area contributed by atoms with Crippen molar-refractivity contribution in [2.45, 2.75) is 19.4 Å². The summed E-state index contributed by atoms with van der Waals surface area (Å²) in [6, 6.07) is 5.07. The number of nitrogens with zero attached hydrogens (tertiary/aromatic N) is 3. The molecule has 1 aromatic carbocycles. The Labute approximate surface area is 138 Å². The first kappa shape index (κ1) is 16.6. The predicted octanol–water partition coefficient (Wildman–Crippen LogP) is 2.56. The van der Waals surface area contributed by atoms with Crippen LogP contribution in [0.5, 0.6) is 5.75 Å². The quantitative estimate of drug-likeness (QED) is 0.748. The lowest BCUT2D eigenvalue weighted by Crippen LogP contribution is -2.26. The summed E-state index contributed by atoms with van der Waals surface area (Å²) >= 11 is 11.8. The normalized spacial score (nSPS) is 10.5. The molecule has 1 aromatic heterocycles. The summed E-state index contributed by atoms with van der Waals surface area (Å²) in [5, 5.41) is 11.3. The zero-order valence-corrected chi connectivity index (χ0v) is 13.3. The van der Waals surface area contributed by atoms with E-state index in [2.05, 4.69) is 15.6 Å².